The number of hydrogen-bond acceptors (Lipinski definition) is 1. The first-order chi connectivity index (χ1) is 27.1. The van der Waals surface area contributed by atoms with Gasteiger partial charge in [-0.15, -0.1) is 0 Å². The van der Waals surface area contributed by atoms with E-state index in [0.717, 1.165) is 35.2 Å². The Labute approximate surface area is 344 Å². The van der Waals surface area contributed by atoms with Gasteiger partial charge in [-0.05, 0) is 91.3 Å². The smallest absolute Gasteiger partial charge is 0.131 e. The summed E-state index contributed by atoms with van der Waals surface area (Å²) in [5.41, 5.74) is 5.85. The molecule has 0 bridgehead atoms. The molecule has 308 valence electrons. The maximum absolute atomic E-state index is 14.6. The van der Waals surface area contributed by atoms with E-state index in [0.29, 0.717) is 29.8 Å². The number of nitrogens with zero attached hydrogens (tertiary/aromatic N) is 2. The molecule has 0 unspecified atom stereocenters. The molecule has 0 saturated carbocycles. The molecule has 6 aromatic rings. The molecule has 1 N–H and O–H groups in total. The fraction of sp³-hybridized carbons (Fsp3) is 0.347. The first-order valence-electron chi connectivity index (χ1n) is 19.7. The van der Waals surface area contributed by atoms with Gasteiger partial charge in [0.1, 0.15) is 23.3 Å². The first-order valence-corrected chi connectivity index (χ1v) is 20.8. The summed E-state index contributed by atoms with van der Waals surface area (Å²) in [6.45, 7) is 22.0. The Bertz CT molecular complexity index is 2310. The van der Waals surface area contributed by atoms with E-state index in [9.17, 15) is 21.8 Å². The summed E-state index contributed by atoms with van der Waals surface area (Å²) in [4.78, 5) is 0. The Morgan fingerprint density at radius 1 is 0.569 bits per heavy atom. The fourth-order valence-electron chi connectivity index (χ4n) is 6.64. The second-order valence-corrected chi connectivity index (χ2v) is 20.2. The lowest BCUT2D eigenvalue weighted by atomic mass is 9.80. The van der Waals surface area contributed by atoms with Crippen molar-refractivity contribution >= 4 is 11.0 Å². The number of aromatic nitrogens is 2. The van der Waals surface area contributed by atoms with Crippen LogP contribution in [-0.4, -0.2) is 18.1 Å². The lowest BCUT2D eigenvalue weighted by molar-refractivity contribution is 0.295. The van der Waals surface area contributed by atoms with Gasteiger partial charge in [0.25, 0.3) is 0 Å². The van der Waals surface area contributed by atoms with Crippen LogP contribution in [0.1, 0.15) is 104 Å². The largest absolute Gasteiger partial charge is 0.346 e. The minimum absolute atomic E-state index is 0.0601. The maximum atomic E-state index is 14.6. The van der Waals surface area contributed by atoms with E-state index in [1.165, 1.54) is 23.8 Å². The Hall–Kier alpha value is -4.73. The van der Waals surface area contributed by atoms with Crippen molar-refractivity contribution in [3.05, 3.63) is 167 Å². The molecular weight excluding hydrogens is 755 g/mol. The first kappa shape index (κ1) is 44.4. The van der Waals surface area contributed by atoms with E-state index in [1.54, 1.807) is 0 Å². The predicted molar refractivity (Wildman–Crippen MR) is 232 cm³/mol. The van der Waals surface area contributed by atoms with Crippen molar-refractivity contribution in [1.82, 2.24) is 13.9 Å². The summed E-state index contributed by atoms with van der Waals surface area (Å²) in [7, 11) is -1.31. The van der Waals surface area contributed by atoms with Gasteiger partial charge in [-0.1, -0.05) is 109 Å². The highest BCUT2D eigenvalue weighted by Gasteiger charge is 2.34. The third-order valence-electron chi connectivity index (χ3n) is 10.4. The maximum Gasteiger partial charge on any atom is 0.131 e. The number of halogens is 4. The molecule has 9 heteroatoms. The second kappa shape index (κ2) is 18.0. The van der Waals surface area contributed by atoms with Crippen LogP contribution in [0.15, 0.2) is 122 Å². The normalized spacial score (nSPS) is 13.8. The molecule has 4 aromatic carbocycles. The van der Waals surface area contributed by atoms with Crippen LogP contribution in [-0.2, 0) is 24.1 Å². The highest BCUT2D eigenvalue weighted by Crippen LogP contribution is 2.39. The van der Waals surface area contributed by atoms with Crippen LogP contribution in [0.5, 0.6) is 0 Å². The molecule has 0 fully saturated rings. The summed E-state index contributed by atoms with van der Waals surface area (Å²) in [5.74, 6) is -1.54. The Kier molecular flexibility index (Phi) is 13.8. The van der Waals surface area contributed by atoms with Crippen LogP contribution in [0.4, 0.5) is 17.6 Å². The highest BCUT2D eigenvalue weighted by molar-refractivity contribution is 7.84. The number of hydrogen-bond donors (Lipinski definition) is 1. The van der Waals surface area contributed by atoms with Gasteiger partial charge >= 0.3 is 0 Å². The zero-order valence-corrected chi connectivity index (χ0v) is 36.2. The van der Waals surface area contributed by atoms with Gasteiger partial charge in [0.15, 0.2) is 0 Å². The van der Waals surface area contributed by atoms with Gasteiger partial charge in [0.2, 0.25) is 0 Å². The SMILES string of the molecule is CC(C)(C)[C@@H](N[S@@](=O)C(C)(C)C)c1cc(-c2cc(F)ccc2F)cn1Cc1ccccc1.C[C@@H](c1cc(-c2cc(F)ccc2F)cn1Cc1ccccc1)C(C)(C)C. The van der Waals surface area contributed by atoms with Crippen LogP contribution in [0, 0.1) is 34.1 Å². The van der Waals surface area contributed by atoms with Crippen molar-refractivity contribution in [2.75, 3.05) is 0 Å². The van der Waals surface area contributed by atoms with Crippen LogP contribution >= 0.6 is 0 Å². The van der Waals surface area contributed by atoms with E-state index < -0.39 is 39.0 Å². The third kappa shape index (κ3) is 11.3. The lowest BCUT2D eigenvalue weighted by Crippen LogP contribution is -2.41. The van der Waals surface area contributed by atoms with E-state index in [1.807, 2.05) is 98.4 Å². The minimum atomic E-state index is -1.31. The van der Waals surface area contributed by atoms with Gasteiger partial charge in [0.05, 0.1) is 21.8 Å². The van der Waals surface area contributed by atoms with Crippen LogP contribution in [0.25, 0.3) is 22.3 Å². The van der Waals surface area contributed by atoms with Crippen molar-refractivity contribution in [2.45, 2.75) is 99.0 Å². The molecule has 0 radical (unpaired) electrons. The van der Waals surface area contributed by atoms with Crippen molar-refractivity contribution in [1.29, 1.82) is 0 Å². The summed E-state index contributed by atoms with van der Waals surface area (Å²) in [5, 5.41) is 0. The molecule has 0 aliphatic rings. The highest BCUT2D eigenvalue weighted by atomic mass is 32.2. The average molecular weight is 812 g/mol. The number of benzene rings is 4. The summed E-state index contributed by atoms with van der Waals surface area (Å²) >= 11 is 0. The molecule has 3 atom stereocenters. The Morgan fingerprint density at radius 2 is 0.983 bits per heavy atom. The minimum Gasteiger partial charge on any atom is -0.346 e. The molecule has 0 saturated heterocycles. The molecule has 58 heavy (non-hydrogen) atoms. The van der Waals surface area contributed by atoms with Gasteiger partial charge in [-0.3, -0.25) is 0 Å². The fourth-order valence-corrected chi connectivity index (χ4v) is 7.68. The summed E-state index contributed by atoms with van der Waals surface area (Å²) in [6.07, 6.45) is 3.78. The van der Waals surface area contributed by atoms with Gasteiger partial charge in [-0.25, -0.2) is 26.5 Å². The van der Waals surface area contributed by atoms with Gasteiger partial charge < -0.3 is 9.13 Å². The zero-order valence-electron chi connectivity index (χ0n) is 35.3. The molecule has 0 aliphatic carbocycles. The second-order valence-electron chi connectivity index (χ2n) is 18.2. The van der Waals surface area contributed by atoms with Crippen LogP contribution < -0.4 is 4.72 Å². The van der Waals surface area contributed by atoms with Crippen molar-refractivity contribution < 1.29 is 21.8 Å². The van der Waals surface area contributed by atoms with Gasteiger partial charge in [-0.2, -0.15) is 0 Å². The quantitative estimate of drug-likeness (QED) is 0.138. The zero-order chi connectivity index (χ0) is 42.6. The van der Waals surface area contributed by atoms with E-state index in [2.05, 4.69) is 69.9 Å². The van der Waals surface area contributed by atoms with E-state index >= 15 is 0 Å². The number of rotatable bonds is 10. The van der Waals surface area contributed by atoms with E-state index in [-0.39, 0.29) is 28.4 Å². The molecular formula is C49H57F4N3OS. The Morgan fingerprint density at radius 3 is 1.38 bits per heavy atom. The Balaban J connectivity index is 0.000000226. The third-order valence-corrected chi connectivity index (χ3v) is 12.0. The molecule has 0 spiro atoms. The molecule has 2 heterocycles. The molecule has 2 aromatic heterocycles. The topological polar surface area (TPSA) is 39.0 Å². The molecule has 0 amide bonds. The monoisotopic (exact) mass is 811 g/mol. The van der Waals surface area contributed by atoms with Crippen molar-refractivity contribution in [3.63, 3.8) is 0 Å². The summed E-state index contributed by atoms with van der Waals surface area (Å²) < 4.78 is 76.5. The van der Waals surface area contributed by atoms with Gasteiger partial charge in [0, 0.05) is 65.0 Å². The van der Waals surface area contributed by atoms with Crippen molar-refractivity contribution in [3.8, 4) is 22.3 Å². The average Bonchev–Trinajstić information content (AvgIpc) is 3.76. The molecule has 0 aliphatic heterocycles. The lowest BCUT2D eigenvalue weighted by Gasteiger charge is -2.34. The van der Waals surface area contributed by atoms with E-state index in [4.69, 9.17) is 0 Å². The predicted octanol–water partition coefficient (Wildman–Crippen LogP) is 13.3. The van der Waals surface area contributed by atoms with Crippen LogP contribution in [0.3, 0.4) is 0 Å². The molecule has 4 nitrogen and oxygen atoms in total. The standard InChI is InChI=1S/C26H32F2N2OS.C23H25F2N/c1-25(2,3)24(29-32(31)26(4,5)6)23-14-19(21-15-20(27)12-13-22(21)28)17-30(23)16-18-10-8-7-9-11-18;1-16(23(2,3)4)22-12-18(20-13-19(24)10-11-21(20)25)15-26(22)14-17-8-6-5-7-9-17/h7-15,17,24,29H,16H2,1-6H3;5-13,15-16H,14H2,1-4H3/t24-,32-;16-/m00/s1. The molecule has 6 rings (SSSR count). The summed E-state index contributed by atoms with van der Waals surface area (Å²) in [6, 6.07) is 30.8. The number of nitrogens with one attached hydrogen (secondary N) is 1. The van der Waals surface area contributed by atoms with Crippen molar-refractivity contribution in [2.24, 2.45) is 10.8 Å². The van der Waals surface area contributed by atoms with Crippen LogP contribution in [0.2, 0.25) is 0 Å².